The predicted octanol–water partition coefficient (Wildman–Crippen LogP) is 2.96. The molecule has 0 radical (unpaired) electrons. The van der Waals surface area contributed by atoms with Crippen LogP contribution in [0.2, 0.25) is 0 Å². The topological polar surface area (TPSA) is 108 Å². The molecule has 5 rings (SSSR count). The van der Waals surface area contributed by atoms with Crippen LogP contribution in [-0.2, 0) is 6.54 Å². The van der Waals surface area contributed by atoms with E-state index < -0.39 is 0 Å². The van der Waals surface area contributed by atoms with Crippen molar-refractivity contribution in [1.29, 1.82) is 0 Å². The van der Waals surface area contributed by atoms with E-state index in [0.717, 1.165) is 43.8 Å². The SMILES string of the molecule is c1ccc(CN2CCC(Nc3nc(Nc4ncccn4)nc4nc[nH]c34)CC2)cc1. The van der Waals surface area contributed by atoms with Crippen molar-refractivity contribution < 1.29 is 0 Å². The van der Waals surface area contributed by atoms with Gasteiger partial charge >= 0.3 is 0 Å². The van der Waals surface area contributed by atoms with Crippen molar-refractivity contribution in [3.05, 3.63) is 60.7 Å². The highest BCUT2D eigenvalue weighted by atomic mass is 15.2. The van der Waals surface area contributed by atoms with Crippen LogP contribution < -0.4 is 10.6 Å². The van der Waals surface area contributed by atoms with Crippen LogP contribution in [-0.4, -0.2) is 53.9 Å². The first kappa shape index (κ1) is 18.4. The number of benzene rings is 1. The number of nitrogens with zero attached hydrogens (tertiary/aromatic N) is 6. The Bertz CT molecular complexity index is 1090. The number of hydrogen-bond donors (Lipinski definition) is 3. The number of fused-ring (bicyclic) bond motifs is 1. The molecule has 0 atom stereocenters. The Hall–Kier alpha value is -3.59. The van der Waals surface area contributed by atoms with E-state index in [1.54, 1.807) is 24.8 Å². The molecule has 9 heteroatoms. The molecule has 9 nitrogen and oxygen atoms in total. The summed E-state index contributed by atoms with van der Waals surface area (Å²) < 4.78 is 0. The summed E-state index contributed by atoms with van der Waals surface area (Å²) in [5, 5.41) is 6.64. The number of H-pyrrole nitrogens is 1. The van der Waals surface area contributed by atoms with Crippen LogP contribution in [0.4, 0.5) is 17.7 Å². The summed E-state index contributed by atoms with van der Waals surface area (Å²) in [5.41, 5.74) is 2.77. The zero-order valence-electron chi connectivity index (χ0n) is 16.5. The lowest BCUT2D eigenvalue weighted by Crippen LogP contribution is -2.38. The molecule has 1 aliphatic heterocycles. The van der Waals surface area contributed by atoms with Gasteiger partial charge < -0.3 is 10.3 Å². The molecular formula is C21H23N9. The summed E-state index contributed by atoms with van der Waals surface area (Å²) in [6, 6.07) is 12.7. The number of aromatic amines is 1. The number of nitrogens with one attached hydrogen (secondary N) is 3. The highest BCUT2D eigenvalue weighted by Gasteiger charge is 2.21. The zero-order chi connectivity index (χ0) is 20.2. The van der Waals surface area contributed by atoms with Crippen molar-refractivity contribution in [3.8, 4) is 0 Å². The Morgan fingerprint density at radius 3 is 2.53 bits per heavy atom. The Morgan fingerprint density at radius 1 is 0.933 bits per heavy atom. The van der Waals surface area contributed by atoms with Gasteiger partial charge in [-0.3, -0.25) is 10.2 Å². The van der Waals surface area contributed by atoms with Crippen molar-refractivity contribution in [2.45, 2.75) is 25.4 Å². The van der Waals surface area contributed by atoms with E-state index >= 15 is 0 Å². The van der Waals surface area contributed by atoms with Gasteiger partial charge in [-0.25, -0.2) is 15.0 Å². The smallest absolute Gasteiger partial charge is 0.233 e. The Morgan fingerprint density at radius 2 is 1.73 bits per heavy atom. The number of piperidine rings is 1. The molecule has 1 fully saturated rings. The molecule has 3 aromatic heterocycles. The van der Waals surface area contributed by atoms with Crippen molar-refractivity contribution >= 4 is 28.9 Å². The largest absolute Gasteiger partial charge is 0.365 e. The lowest BCUT2D eigenvalue weighted by Gasteiger charge is -2.32. The molecule has 0 unspecified atom stereocenters. The Labute approximate surface area is 174 Å². The lowest BCUT2D eigenvalue weighted by molar-refractivity contribution is 0.211. The van der Waals surface area contributed by atoms with E-state index in [-0.39, 0.29) is 0 Å². The van der Waals surface area contributed by atoms with Crippen LogP contribution in [0.5, 0.6) is 0 Å². The standard InChI is InChI=1S/C21H23N9/c1-2-5-15(6-3-1)13-30-11-7-16(8-12-30)26-19-17-18(25-14-24-17)27-21(28-19)29-20-22-9-4-10-23-20/h1-6,9-10,14,16H,7-8,11-13H2,(H3,22,23,24,25,26,27,28,29). The first-order valence-corrected chi connectivity index (χ1v) is 10.1. The fourth-order valence-corrected chi connectivity index (χ4v) is 3.73. The highest BCUT2D eigenvalue weighted by molar-refractivity contribution is 5.84. The summed E-state index contributed by atoms with van der Waals surface area (Å²) >= 11 is 0. The van der Waals surface area contributed by atoms with E-state index in [0.29, 0.717) is 23.6 Å². The van der Waals surface area contributed by atoms with Gasteiger partial charge in [0, 0.05) is 38.1 Å². The maximum atomic E-state index is 4.65. The molecule has 0 bridgehead atoms. The number of imidazole rings is 1. The number of anilines is 3. The molecule has 1 aromatic carbocycles. The summed E-state index contributed by atoms with van der Waals surface area (Å²) in [5.74, 6) is 1.62. The quantitative estimate of drug-likeness (QED) is 0.453. The minimum atomic E-state index is 0.347. The summed E-state index contributed by atoms with van der Waals surface area (Å²) in [7, 11) is 0. The number of likely N-dealkylation sites (tertiary alicyclic amines) is 1. The monoisotopic (exact) mass is 401 g/mol. The molecule has 30 heavy (non-hydrogen) atoms. The van der Waals surface area contributed by atoms with Gasteiger partial charge in [0.05, 0.1) is 6.33 Å². The number of aromatic nitrogens is 6. The summed E-state index contributed by atoms with van der Waals surface area (Å²) in [4.78, 5) is 27.4. The minimum Gasteiger partial charge on any atom is -0.365 e. The van der Waals surface area contributed by atoms with Crippen LogP contribution in [0.15, 0.2) is 55.1 Å². The van der Waals surface area contributed by atoms with E-state index in [9.17, 15) is 0 Å². The maximum Gasteiger partial charge on any atom is 0.233 e. The molecule has 0 amide bonds. The van der Waals surface area contributed by atoms with Crippen LogP contribution in [0.3, 0.4) is 0 Å². The van der Waals surface area contributed by atoms with Crippen molar-refractivity contribution in [3.63, 3.8) is 0 Å². The van der Waals surface area contributed by atoms with Crippen LogP contribution in [0, 0.1) is 0 Å². The van der Waals surface area contributed by atoms with Crippen molar-refractivity contribution in [2.75, 3.05) is 23.7 Å². The molecule has 1 saturated heterocycles. The molecule has 152 valence electrons. The molecule has 0 saturated carbocycles. The number of hydrogen-bond acceptors (Lipinski definition) is 8. The van der Waals surface area contributed by atoms with Gasteiger partial charge in [-0.15, -0.1) is 0 Å². The zero-order valence-corrected chi connectivity index (χ0v) is 16.5. The fraction of sp³-hybridized carbons (Fsp3) is 0.286. The average molecular weight is 401 g/mol. The van der Waals surface area contributed by atoms with E-state index in [4.69, 9.17) is 0 Å². The van der Waals surface area contributed by atoms with Crippen LogP contribution >= 0.6 is 0 Å². The molecule has 0 aliphatic carbocycles. The second-order valence-corrected chi connectivity index (χ2v) is 7.37. The Balaban J connectivity index is 1.27. The Kier molecular flexibility index (Phi) is 5.17. The van der Waals surface area contributed by atoms with Gasteiger partial charge in [-0.1, -0.05) is 30.3 Å². The normalized spacial score (nSPS) is 15.3. The van der Waals surface area contributed by atoms with E-state index in [1.165, 1.54) is 5.56 Å². The van der Waals surface area contributed by atoms with Gasteiger partial charge in [0.15, 0.2) is 11.5 Å². The van der Waals surface area contributed by atoms with Gasteiger partial charge in [0.25, 0.3) is 0 Å². The third kappa shape index (κ3) is 4.20. The molecular weight excluding hydrogens is 378 g/mol. The van der Waals surface area contributed by atoms with Gasteiger partial charge in [0.2, 0.25) is 11.9 Å². The van der Waals surface area contributed by atoms with Gasteiger partial charge in [-0.2, -0.15) is 9.97 Å². The van der Waals surface area contributed by atoms with Gasteiger partial charge in [-0.05, 0) is 24.5 Å². The summed E-state index contributed by atoms with van der Waals surface area (Å²) in [6.07, 6.45) is 7.08. The fourth-order valence-electron chi connectivity index (χ4n) is 3.73. The molecule has 4 aromatic rings. The molecule has 0 spiro atoms. The predicted molar refractivity (Wildman–Crippen MR) is 115 cm³/mol. The second-order valence-electron chi connectivity index (χ2n) is 7.37. The summed E-state index contributed by atoms with van der Waals surface area (Å²) in [6.45, 7) is 3.09. The average Bonchev–Trinajstić information content (AvgIpc) is 3.26. The minimum absolute atomic E-state index is 0.347. The first-order chi connectivity index (χ1) is 14.8. The third-order valence-corrected chi connectivity index (χ3v) is 5.25. The molecule has 3 N–H and O–H groups in total. The molecule has 4 heterocycles. The van der Waals surface area contributed by atoms with Gasteiger partial charge in [0.1, 0.15) is 5.52 Å². The third-order valence-electron chi connectivity index (χ3n) is 5.25. The van der Waals surface area contributed by atoms with E-state index in [2.05, 4.69) is 75.8 Å². The molecule has 1 aliphatic rings. The van der Waals surface area contributed by atoms with Crippen molar-refractivity contribution in [2.24, 2.45) is 0 Å². The maximum absolute atomic E-state index is 4.65. The first-order valence-electron chi connectivity index (χ1n) is 10.1. The highest BCUT2D eigenvalue weighted by Crippen LogP contribution is 2.23. The van der Waals surface area contributed by atoms with Crippen molar-refractivity contribution in [1.82, 2.24) is 34.8 Å². The van der Waals surface area contributed by atoms with Crippen LogP contribution in [0.1, 0.15) is 18.4 Å². The van der Waals surface area contributed by atoms with Crippen LogP contribution in [0.25, 0.3) is 11.2 Å². The van der Waals surface area contributed by atoms with E-state index in [1.807, 2.05) is 0 Å². The number of rotatable bonds is 6. The second kappa shape index (κ2) is 8.42. The lowest BCUT2D eigenvalue weighted by atomic mass is 10.0.